The van der Waals surface area contributed by atoms with E-state index in [9.17, 15) is 19.1 Å². The molecule has 0 saturated carbocycles. The summed E-state index contributed by atoms with van der Waals surface area (Å²) in [6.07, 6.45) is 4.17. The molecule has 0 bridgehead atoms. The molecule has 190 valence electrons. The molecule has 0 spiro atoms. The van der Waals surface area contributed by atoms with Crippen LogP contribution >= 0.6 is 0 Å². The summed E-state index contributed by atoms with van der Waals surface area (Å²) in [6, 6.07) is 3.08. The van der Waals surface area contributed by atoms with Gasteiger partial charge in [0.1, 0.15) is 17.3 Å². The predicted molar refractivity (Wildman–Crippen MR) is 127 cm³/mol. The van der Waals surface area contributed by atoms with Crippen LogP contribution in [0.3, 0.4) is 0 Å². The molecule has 1 aromatic carbocycles. The Morgan fingerprint density at radius 2 is 2.06 bits per heavy atom. The normalized spacial score (nSPS) is 19.8. The first kappa shape index (κ1) is 26.1. The van der Waals surface area contributed by atoms with Crippen LogP contribution in [0.5, 0.6) is 5.75 Å². The minimum absolute atomic E-state index is 0.0851. The standard InChI is InChI=1S/C24H32FN5O5/c1-5-18(6-2)35-22-10-15(24(32)33)9-20(23(22)27-14(3)31)30-13-17(28-29-30)12-26-19-11-16(25)7-8-21(19)34-4/h7-8,10-11,13,18,20,22-23,26H,5-6,9,12H2,1-4H3,(H,27,31)(H,32,33)/t20-,22+,23+/m0/s1. The molecular formula is C24H32FN5O5. The van der Waals surface area contributed by atoms with Crippen LogP contribution in [0.25, 0.3) is 0 Å². The van der Waals surface area contributed by atoms with E-state index in [0.29, 0.717) is 17.1 Å². The van der Waals surface area contributed by atoms with Crippen LogP contribution in [0.2, 0.25) is 0 Å². The Hall–Kier alpha value is -3.47. The highest BCUT2D eigenvalue weighted by molar-refractivity contribution is 5.87. The van der Waals surface area contributed by atoms with E-state index >= 15 is 0 Å². The van der Waals surface area contributed by atoms with E-state index in [4.69, 9.17) is 9.47 Å². The maximum absolute atomic E-state index is 13.7. The zero-order valence-corrected chi connectivity index (χ0v) is 20.3. The number of rotatable bonds is 11. The van der Waals surface area contributed by atoms with Crippen molar-refractivity contribution in [3.63, 3.8) is 0 Å². The lowest BCUT2D eigenvalue weighted by atomic mass is 9.87. The molecule has 0 saturated heterocycles. The molecule has 3 N–H and O–H groups in total. The number of benzene rings is 1. The second-order valence-corrected chi connectivity index (χ2v) is 8.42. The molecule has 35 heavy (non-hydrogen) atoms. The molecule has 0 fully saturated rings. The predicted octanol–water partition coefficient (Wildman–Crippen LogP) is 3.07. The van der Waals surface area contributed by atoms with Gasteiger partial charge in [0.25, 0.3) is 0 Å². The Morgan fingerprint density at radius 1 is 1.31 bits per heavy atom. The molecule has 0 radical (unpaired) electrons. The Morgan fingerprint density at radius 3 is 2.69 bits per heavy atom. The van der Waals surface area contributed by atoms with Crippen molar-refractivity contribution in [3.8, 4) is 5.75 Å². The van der Waals surface area contributed by atoms with E-state index in [1.165, 1.54) is 32.2 Å². The maximum Gasteiger partial charge on any atom is 0.331 e. The first-order valence-corrected chi connectivity index (χ1v) is 11.6. The van der Waals surface area contributed by atoms with Crippen LogP contribution in [0.1, 0.15) is 51.8 Å². The van der Waals surface area contributed by atoms with Crippen LogP contribution in [-0.2, 0) is 20.9 Å². The molecule has 0 unspecified atom stereocenters. The molecule has 3 atom stereocenters. The third-order valence-corrected chi connectivity index (χ3v) is 5.99. The largest absolute Gasteiger partial charge is 0.495 e. The summed E-state index contributed by atoms with van der Waals surface area (Å²) in [6.45, 7) is 5.62. The summed E-state index contributed by atoms with van der Waals surface area (Å²) in [7, 11) is 1.49. The highest BCUT2D eigenvalue weighted by Gasteiger charge is 2.39. The number of carbonyl (C=O) groups is 2. The molecule has 1 aromatic heterocycles. The zero-order chi connectivity index (χ0) is 25.5. The Balaban J connectivity index is 1.86. The fourth-order valence-electron chi connectivity index (χ4n) is 4.16. The molecule has 0 aliphatic heterocycles. The summed E-state index contributed by atoms with van der Waals surface area (Å²) in [4.78, 5) is 23.9. The van der Waals surface area contributed by atoms with E-state index in [1.807, 2.05) is 13.8 Å². The van der Waals surface area contributed by atoms with Gasteiger partial charge in [-0.25, -0.2) is 13.9 Å². The van der Waals surface area contributed by atoms with Crippen molar-refractivity contribution in [2.75, 3.05) is 12.4 Å². The number of amides is 1. The lowest BCUT2D eigenvalue weighted by molar-refractivity contribution is -0.133. The van der Waals surface area contributed by atoms with Gasteiger partial charge in [-0.05, 0) is 31.1 Å². The van der Waals surface area contributed by atoms with Crippen LogP contribution in [-0.4, -0.2) is 57.3 Å². The lowest BCUT2D eigenvalue weighted by Crippen LogP contribution is -2.52. The maximum atomic E-state index is 13.7. The summed E-state index contributed by atoms with van der Waals surface area (Å²) in [5.41, 5.74) is 1.19. The molecular weight excluding hydrogens is 457 g/mol. The van der Waals surface area contributed by atoms with E-state index < -0.39 is 30.0 Å². The van der Waals surface area contributed by atoms with E-state index in [2.05, 4.69) is 20.9 Å². The number of carboxylic acid groups (broad SMARTS) is 1. The van der Waals surface area contributed by atoms with Gasteiger partial charge in [-0.15, -0.1) is 5.10 Å². The van der Waals surface area contributed by atoms with Crippen LogP contribution < -0.4 is 15.4 Å². The number of ether oxygens (including phenoxy) is 2. The third kappa shape index (κ3) is 6.56. The van der Waals surface area contributed by atoms with Gasteiger partial charge in [0.2, 0.25) is 5.91 Å². The molecule has 1 amide bonds. The number of carboxylic acids is 1. The summed E-state index contributed by atoms with van der Waals surface area (Å²) in [5.74, 6) is -1.23. The lowest BCUT2D eigenvalue weighted by Gasteiger charge is -2.37. The number of anilines is 1. The fraction of sp³-hybridized carbons (Fsp3) is 0.500. The highest BCUT2D eigenvalue weighted by Crippen LogP contribution is 2.32. The summed E-state index contributed by atoms with van der Waals surface area (Å²) in [5, 5.41) is 24.1. The Labute approximate surface area is 203 Å². The monoisotopic (exact) mass is 489 g/mol. The molecule has 11 heteroatoms. The van der Waals surface area contributed by atoms with Crippen molar-refractivity contribution in [1.82, 2.24) is 20.3 Å². The number of hydrogen-bond donors (Lipinski definition) is 3. The Kier molecular flexibility index (Phi) is 8.80. The van der Waals surface area contributed by atoms with Gasteiger partial charge in [-0.3, -0.25) is 4.79 Å². The second-order valence-electron chi connectivity index (χ2n) is 8.42. The van der Waals surface area contributed by atoms with Gasteiger partial charge < -0.3 is 25.2 Å². The van der Waals surface area contributed by atoms with Crippen molar-refractivity contribution in [1.29, 1.82) is 0 Å². The molecule has 3 rings (SSSR count). The molecule has 10 nitrogen and oxygen atoms in total. The molecule has 1 aliphatic rings. The van der Waals surface area contributed by atoms with Gasteiger partial charge in [0.15, 0.2) is 0 Å². The topological polar surface area (TPSA) is 128 Å². The highest BCUT2D eigenvalue weighted by atomic mass is 19.1. The van der Waals surface area contributed by atoms with Gasteiger partial charge >= 0.3 is 5.97 Å². The van der Waals surface area contributed by atoms with Crippen molar-refractivity contribution in [2.45, 2.75) is 70.9 Å². The second kappa shape index (κ2) is 11.8. The van der Waals surface area contributed by atoms with Crippen molar-refractivity contribution < 1.29 is 28.6 Å². The molecule has 2 aromatic rings. The first-order valence-electron chi connectivity index (χ1n) is 11.6. The number of methoxy groups -OCH3 is 1. The molecule has 1 aliphatic carbocycles. The smallest absolute Gasteiger partial charge is 0.331 e. The fourth-order valence-corrected chi connectivity index (χ4v) is 4.16. The average Bonchev–Trinajstić information content (AvgIpc) is 3.30. The van der Waals surface area contributed by atoms with Gasteiger partial charge in [0, 0.05) is 25.0 Å². The van der Waals surface area contributed by atoms with Crippen LogP contribution in [0.4, 0.5) is 10.1 Å². The Bertz CT molecular complexity index is 1070. The average molecular weight is 490 g/mol. The number of hydrogen-bond acceptors (Lipinski definition) is 7. The summed E-state index contributed by atoms with van der Waals surface area (Å²) >= 11 is 0. The number of halogens is 1. The quantitative estimate of drug-likeness (QED) is 0.439. The van der Waals surface area contributed by atoms with Crippen LogP contribution in [0.15, 0.2) is 36.0 Å². The van der Waals surface area contributed by atoms with Gasteiger partial charge in [0.05, 0.1) is 49.8 Å². The van der Waals surface area contributed by atoms with E-state index in [1.54, 1.807) is 17.0 Å². The minimum atomic E-state index is -1.05. The van der Waals surface area contributed by atoms with Crippen molar-refractivity contribution in [3.05, 3.63) is 47.6 Å². The van der Waals surface area contributed by atoms with Crippen molar-refractivity contribution >= 4 is 17.6 Å². The third-order valence-electron chi connectivity index (χ3n) is 5.99. The minimum Gasteiger partial charge on any atom is -0.495 e. The van der Waals surface area contributed by atoms with Crippen molar-refractivity contribution in [2.24, 2.45) is 0 Å². The molecule has 1 heterocycles. The first-order chi connectivity index (χ1) is 16.7. The number of aliphatic carboxylic acids is 1. The number of nitrogens with zero attached hydrogens (tertiary/aromatic N) is 3. The van der Waals surface area contributed by atoms with E-state index in [-0.39, 0.29) is 30.5 Å². The number of nitrogens with one attached hydrogen (secondary N) is 2. The number of aromatic nitrogens is 3. The van der Waals surface area contributed by atoms with Gasteiger partial charge in [-0.2, -0.15) is 0 Å². The summed E-state index contributed by atoms with van der Waals surface area (Å²) < 4.78 is 26.7. The van der Waals surface area contributed by atoms with E-state index in [0.717, 1.165) is 12.8 Å². The SMILES string of the molecule is CCC(CC)O[C@@H]1C=C(C(=O)O)C[C@H](n2cc(CNc3cc(F)ccc3OC)nn2)[C@H]1NC(C)=O. The van der Waals surface area contributed by atoms with Gasteiger partial charge in [-0.1, -0.05) is 19.1 Å². The number of carbonyl (C=O) groups excluding carboxylic acids is 1. The zero-order valence-electron chi connectivity index (χ0n) is 20.3. The van der Waals surface area contributed by atoms with Crippen LogP contribution in [0, 0.1) is 5.82 Å².